The minimum absolute atomic E-state index is 0.0441. The van der Waals surface area contributed by atoms with Crippen LogP contribution in [0.1, 0.15) is 25.3 Å². The van der Waals surface area contributed by atoms with Crippen LogP contribution in [0, 0.1) is 17.5 Å². The predicted molar refractivity (Wildman–Crippen MR) is 80.1 cm³/mol. The molecule has 0 unspecified atom stereocenters. The van der Waals surface area contributed by atoms with E-state index >= 15 is 0 Å². The molecule has 114 valence electrons. The van der Waals surface area contributed by atoms with E-state index in [1.807, 2.05) is 0 Å². The molecule has 3 rings (SSSR count). The Morgan fingerprint density at radius 1 is 1.00 bits per heavy atom. The number of rotatable bonds is 2. The first-order valence-corrected chi connectivity index (χ1v) is 6.99. The van der Waals surface area contributed by atoms with Crippen LogP contribution in [0.4, 0.5) is 13.2 Å². The fourth-order valence-electron chi connectivity index (χ4n) is 2.74. The molecule has 0 aliphatic heterocycles. The average molecular weight is 304 g/mol. The molecule has 0 spiro atoms. The Labute approximate surface area is 126 Å². The van der Waals surface area contributed by atoms with Gasteiger partial charge in [-0.05, 0) is 35.2 Å². The third-order valence-electron chi connectivity index (χ3n) is 3.67. The van der Waals surface area contributed by atoms with Crippen molar-refractivity contribution in [2.75, 3.05) is 0 Å². The summed E-state index contributed by atoms with van der Waals surface area (Å²) in [4.78, 5) is 0. The standard InChI is InChI=1S/C17H15F3N2/c1-9(2)17-14(19)4-10(5-15(17)20)12-6-11(18)7-16-13(12)8-22(3)21-16/h4-9H,1-3H3. The Bertz CT molecular complexity index is 843. The van der Waals surface area contributed by atoms with Gasteiger partial charge in [-0.2, -0.15) is 5.10 Å². The summed E-state index contributed by atoms with van der Waals surface area (Å²) in [6.07, 6.45) is 1.70. The molecule has 0 saturated carbocycles. The van der Waals surface area contributed by atoms with Crippen molar-refractivity contribution in [1.29, 1.82) is 0 Å². The minimum Gasteiger partial charge on any atom is -0.275 e. The number of hydrogen-bond donors (Lipinski definition) is 0. The van der Waals surface area contributed by atoms with Crippen molar-refractivity contribution >= 4 is 10.9 Å². The zero-order chi connectivity index (χ0) is 16.0. The maximum atomic E-state index is 14.2. The first kappa shape index (κ1) is 14.6. The molecule has 22 heavy (non-hydrogen) atoms. The molecule has 0 amide bonds. The Kier molecular flexibility index (Phi) is 3.43. The molecule has 3 aromatic rings. The predicted octanol–water partition coefficient (Wildman–Crippen LogP) is 4.78. The second kappa shape index (κ2) is 5.16. The number of halogens is 3. The highest BCUT2D eigenvalue weighted by molar-refractivity contribution is 5.94. The lowest BCUT2D eigenvalue weighted by Crippen LogP contribution is -1.99. The van der Waals surface area contributed by atoms with Crippen LogP contribution < -0.4 is 0 Å². The van der Waals surface area contributed by atoms with Crippen LogP contribution in [0.5, 0.6) is 0 Å². The third-order valence-corrected chi connectivity index (χ3v) is 3.67. The molecule has 0 fully saturated rings. The number of aryl methyl sites for hydroxylation is 1. The molecule has 5 heteroatoms. The van der Waals surface area contributed by atoms with Crippen LogP contribution in [-0.4, -0.2) is 9.78 Å². The van der Waals surface area contributed by atoms with Crippen molar-refractivity contribution in [1.82, 2.24) is 9.78 Å². The van der Waals surface area contributed by atoms with Crippen molar-refractivity contribution in [3.63, 3.8) is 0 Å². The zero-order valence-electron chi connectivity index (χ0n) is 12.5. The summed E-state index contributed by atoms with van der Waals surface area (Å²) in [5.74, 6) is -1.99. The molecule has 0 bridgehead atoms. The summed E-state index contributed by atoms with van der Waals surface area (Å²) in [5, 5.41) is 4.79. The van der Waals surface area contributed by atoms with Crippen LogP contribution >= 0.6 is 0 Å². The molecular weight excluding hydrogens is 289 g/mol. The smallest absolute Gasteiger partial charge is 0.130 e. The lowest BCUT2D eigenvalue weighted by Gasteiger charge is -2.11. The van der Waals surface area contributed by atoms with Gasteiger partial charge in [0.1, 0.15) is 17.5 Å². The van der Waals surface area contributed by atoms with E-state index in [1.165, 1.54) is 24.3 Å². The summed E-state index contributed by atoms with van der Waals surface area (Å²) in [6.45, 7) is 3.45. The molecule has 0 aliphatic carbocycles. The van der Waals surface area contributed by atoms with Gasteiger partial charge in [0.15, 0.2) is 0 Å². The number of fused-ring (bicyclic) bond motifs is 1. The average Bonchev–Trinajstić information content (AvgIpc) is 2.76. The van der Waals surface area contributed by atoms with Gasteiger partial charge in [-0.25, -0.2) is 13.2 Å². The number of nitrogens with zero attached hydrogens (tertiary/aromatic N) is 2. The van der Waals surface area contributed by atoms with Gasteiger partial charge in [0.2, 0.25) is 0 Å². The van der Waals surface area contributed by atoms with Gasteiger partial charge >= 0.3 is 0 Å². The van der Waals surface area contributed by atoms with Gasteiger partial charge < -0.3 is 0 Å². The highest BCUT2D eigenvalue weighted by atomic mass is 19.1. The first-order chi connectivity index (χ1) is 10.4. The molecular formula is C17H15F3N2. The molecule has 2 aromatic carbocycles. The van der Waals surface area contributed by atoms with Crippen LogP contribution in [0.3, 0.4) is 0 Å². The highest BCUT2D eigenvalue weighted by Crippen LogP contribution is 2.33. The SMILES string of the molecule is CC(C)c1c(F)cc(-c2cc(F)cc3nn(C)cc23)cc1F. The second-order valence-electron chi connectivity index (χ2n) is 5.70. The summed E-state index contributed by atoms with van der Waals surface area (Å²) in [5.41, 5.74) is 1.22. The second-order valence-corrected chi connectivity index (χ2v) is 5.70. The zero-order valence-corrected chi connectivity index (χ0v) is 12.5. The number of benzene rings is 2. The van der Waals surface area contributed by atoms with Gasteiger partial charge in [0, 0.05) is 30.3 Å². The fourth-order valence-corrected chi connectivity index (χ4v) is 2.74. The largest absolute Gasteiger partial charge is 0.275 e. The van der Waals surface area contributed by atoms with E-state index in [-0.39, 0.29) is 11.5 Å². The summed E-state index contributed by atoms with van der Waals surface area (Å²) < 4.78 is 43.7. The van der Waals surface area contributed by atoms with E-state index < -0.39 is 17.5 Å². The summed E-state index contributed by atoms with van der Waals surface area (Å²) in [7, 11) is 1.71. The Hall–Kier alpha value is -2.30. The molecule has 0 saturated heterocycles. The highest BCUT2D eigenvalue weighted by Gasteiger charge is 2.17. The van der Waals surface area contributed by atoms with Gasteiger partial charge in [-0.1, -0.05) is 13.8 Å². The fraction of sp³-hybridized carbons (Fsp3) is 0.235. The van der Waals surface area contributed by atoms with Crippen molar-refractivity contribution in [2.45, 2.75) is 19.8 Å². The van der Waals surface area contributed by atoms with Crippen LogP contribution in [0.15, 0.2) is 30.5 Å². The van der Waals surface area contributed by atoms with Crippen molar-refractivity contribution in [2.24, 2.45) is 7.05 Å². The van der Waals surface area contributed by atoms with Crippen LogP contribution in [0.2, 0.25) is 0 Å². The van der Waals surface area contributed by atoms with Gasteiger partial charge in [0.05, 0.1) is 5.52 Å². The minimum atomic E-state index is -0.619. The van der Waals surface area contributed by atoms with E-state index in [1.54, 1.807) is 31.8 Å². The van der Waals surface area contributed by atoms with E-state index in [2.05, 4.69) is 5.10 Å². The number of aromatic nitrogens is 2. The van der Waals surface area contributed by atoms with Crippen molar-refractivity contribution in [3.8, 4) is 11.1 Å². The third kappa shape index (κ3) is 2.36. The Balaban J connectivity index is 2.28. The van der Waals surface area contributed by atoms with E-state index in [9.17, 15) is 13.2 Å². The summed E-state index contributed by atoms with van der Waals surface area (Å²) in [6, 6.07) is 5.07. The van der Waals surface area contributed by atoms with E-state index in [4.69, 9.17) is 0 Å². The molecule has 1 aromatic heterocycles. The molecule has 1 heterocycles. The van der Waals surface area contributed by atoms with E-state index in [0.717, 1.165) is 0 Å². The maximum Gasteiger partial charge on any atom is 0.130 e. The molecule has 0 N–H and O–H groups in total. The normalized spacial score (nSPS) is 11.6. The quantitative estimate of drug-likeness (QED) is 0.666. The van der Waals surface area contributed by atoms with Crippen molar-refractivity contribution < 1.29 is 13.2 Å². The first-order valence-electron chi connectivity index (χ1n) is 6.99. The van der Waals surface area contributed by atoms with Gasteiger partial charge in [-0.3, -0.25) is 4.68 Å². The molecule has 0 atom stereocenters. The lowest BCUT2D eigenvalue weighted by atomic mass is 9.96. The van der Waals surface area contributed by atoms with E-state index in [0.29, 0.717) is 22.0 Å². The number of hydrogen-bond acceptors (Lipinski definition) is 1. The molecule has 0 radical (unpaired) electrons. The van der Waals surface area contributed by atoms with Gasteiger partial charge in [0.25, 0.3) is 0 Å². The monoisotopic (exact) mass is 304 g/mol. The molecule has 0 aliphatic rings. The van der Waals surface area contributed by atoms with Crippen molar-refractivity contribution in [3.05, 3.63) is 53.5 Å². The summed E-state index contributed by atoms with van der Waals surface area (Å²) >= 11 is 0. The van der Waals surface area contributed by atoms with Gasteiger partial charge in [-0.15, -0.1) is 0 Å². The van der Waals surface area contributed by atoms with Crippen LogP contribution in [-0.2, 0) is 7.05 Å². The molecule has 2 nitrogen and oxygen atoms in total. The van der Waals surface area contributed by atoms with Crippen LogP contribution in [0.25, 0.3) is 22.0 Å². The maximum absolute atomic E-state index is 14.2. The Morgan fingerprint density at radius 2 is 1.64 bits per heavy atom. The topological polar surface area (TPSA) is 17.8 Å². The Morgan fingerprint density at radius 3 is 2.23 bits per heavy atom. The lowest BCUT2D eigenvalue weighted by molar-refractivity contribution is 0.542.